The maximum absolute atomic E-state index is 3.93. The fourth-order valence-electron chi connectivity index (χ4n) is 1.79. The molecule has 0 aliphatic carbocycles. The summed E-state index contributed by atoms with van der Waals surface area (Å²) in [5.74, 6) is 2.19. The summed E-state index contributed by atoms with van der Waals surface area (Å²) in [5, 5.41) is 0. The van der Waals surface area contributed by atoms with Crippen molar-refractivity contribution in [2.45, 2.75) is 47.5 Å². The number of hydrogen-bond donors (Lipinski definition) is 0. The van der Waals surface area contributed by atoms with Gasteiger partial charge >= 0.3 is 0 Å². The van der Waals surface area contributed by atoms with Crippen LogP contribution in [0.15, 0.2) is 25.3 Å². The first-order valence-corrected chi connectivity index (χ1v) is 6.09. The lowest BCUT2D eigenvalue weighted by Crippen LogP contribution is -2.22. The van der Waals surface area contributed by atoms with Gasteiger partial charge in [0.05, 0.1) is 0 Å². The molecule has 0 saturated heterocycles. The average Bonchev–Trinajstić information content (AvgIpc) is 2.17. The Morgan fingerprint density at radius 1 is 1.07 bits per heavy atom. The molecule has 0 heteroatoms. The average molecular weight is 208 g/mol. The lowest BCUT2D eigenvalue weighted by Gasteiger charge is -2.32. The Morgan fingerprint density at radius 2 is 1.60 bits per heavy atom. The second kappa shape index (κ2) is 6.15. The van der Waals surface area contributed by atoms with E-state index in [1.807, 2.05) is 6.08 Å². The van der Waals surface area contributed by atoms with Crippen LogP contribution in [0.4, 0.5) is 0 Å². The lowest BCUT2D eigenvalue weighted by molar-refractivity contribution is 0.222. The van der Waals surface area contributed by atoms with Gasteiger partial charge in [-0.05, 0) is 36.0 Å². The zero-order valence-electron chi connectivity index (χ0n) is 11.2. The summed E-state index contributed by atoms with van der Waals surface area (Å²) in [6, 6.07) is 0. The van der Waals surface area contributed by atoms with Crippen molar-refractivity contribution in [3.05, 3.63) is 25.3 Å². The molecule has 0 amide bonds. The summed E-state index contributed by atoms with van der Waals surface area (Å²) >= 11 is 0. The number of allylic oxidation sites excluding steroid dienone is 2. The quantitative estimate of drug-likeness (QED) is 0.512. The van der Waals surface area contributed by atoms with Crippen molar-refractivity contribution in [2.75, 3.05) is 0 Å². The summed E-state index contributed by atoms with van der Waals surface area (Å²) in [5.41, 5.74) is 0.252. The fourth-order valence-corrected chi connectivity index (χ4v) is 1.79. The van der Waals surface area contributed by atoms with E-state index in [4.69, 9.17) is 0 Å². The van der Waals surface area contributed by atoms with E-state index in [0.717, 1.165) is 18.3 Å². The molecule has 0 nitrogen and oxygen atoms in total. The van der Waals surface area contributed by atoms with Gasteiger partial charge in [-0.3, -0.25) is 0 Å². The Bertz CT molecular complexity index is 200. The van der Waals surface area contributed by atoms with Crippen LogP contribution >= 0.6 is 0 Å². The molecular weight excluding hydrogens is 180 g/mol. The molecule has 0 bridgehead atoms. The van der Waals surface area contributed by atoms with Crippen molar-refractivity contribution in [3.63, 3.8) is 0 Å². The third kappa shape index (κ3) is 4.68. The Morgan fingerprint density at radius 3 is 2.00 bits per heavy atom. The Labute approximate surface area is 96.5 Å². The van der Waals surface area contributed by atoms with Crippen molar-refractivity contribution in [2.24, 2.45) is 23.2 Å². The predicted molar refractivity (Wildman–Crippen MR) is 70.9 cm³/mol. The smallest absolute Gasteiger partial charge is 0.0152 e. The van der Waals surface area contributed by atoms with E-state index in [-0.39, 0.29) is 5.41 Å². The highest BCUT2D eigenvalue weighted by molar-refractivity contribution is 4.92. The SMILES string of the molecule is C=CC[C@H](C)[C@H](C)C[C@@H](C)C(C)(C)C=C. The van der Waals surface area contributed by atoms with Gasteiger partial charge in [0, 0.05) is 0 Å². The van der Waals surface area contributed by atoms with Crippen molar-refractivity contribution in [1.29, 1.82) is 0 Å². The van der Waals surface area contributed by atoms with E-state index in [1.165, 1.54) is 6.42 Å². The highest BCUT2D eigenvalue weighted by Gasteiger charge is 2.25. The number of rotatable bonds is 7. The van der Waals surface area contributed by atoms with E-state index in [2.05, 4.69) is 53.9 Å². The van der Waals surface area contributed by atoms with Gasteiger partial charge in [-0.1, -0.05) is 46.8 Å². The van der Waals surface area contributed by atoms with E-state index in [1.54, 1.807) is 0 Å². The molecule has 0 aromatic carbocycles. The summed E-state index contributed by atoms with van der Waals surface area (Å²) in [6.45, 7) is 19.3. The van der Waals surface area contributed by atoms with Crippen LogP contribution < -0.4 is 0 Å². The van der Waals surface area contributed by atoms with Gasteiger partial charge in [-0.15, -0.1) is 13.2 Å². The van der Waals surface area contributed by atoms with Gasteiger partial charge in [-0.25, -0.2) is 0 Å². The Balaban J connectivity index is 4.22. The first kappa shape index (κ1) is 14.5. The molecule has 0 saturated carbocycles. The van der Waals surface area contributed by atoms with Crippen molar-refractivity contribution < 1.29 is 0 Å². The molecule has 0 aliphatic rings. The van der Waals surface area contributed by atoms with Gasteiger partial charge in [0.1, 0.15) is 0 Å². The van der Waals surface area contributed by atoms with Crippen LogP contribution in [0.5, 0.6) is 0 Å². The number of hydrogen-bond acceptors (Lipinski definition) is 0. The van der Waals surface area contributed by atoms with Gasteiger partial charge in [0.25, 0.3) is 0 Å². The molecule has 0 fully saturated rings. The van der Waals surface area contributed by atoms with Crippen LogP contribution in [0.2, 0.25) is 0 Å². The van der Waals surface area contributed by atoms with Crippen molar-refractivity contribution in [1.82, 2.24) is 0 Å². The summed E-state index contributed by atoms with van der Waals surface area (Å²) in [6.07, 6.45) is 6.52. The molecule has 0 rings (SSSR count). The standard InChI is InChI=1S/C15H28/c1-8-10-12(3)13(4)11-14(5)15(6,7)9-2/h8-9,12-14H,1-2,10-11H2,3-7H3/t12-,13+,14+/m0/s1. The molecule has 0 unspecified atom stereocenters. The first-order chi connectivity index (χ1) is 6.85. The van der Waals surface area contributed by atoms with Crippen molar-refractivity contribution in [3.8, 4) is 0 Å². The van der Waals surface area contributed by atoms with Gasteiger partial charge in [-0.2, -0.15) is 0 Å². The van der Waals surface area contributed by atoms with Crippen LogP contribution in [-0.4, -0.2) is 0 Å². The normalized spacial score (nSPS) is 17.9. The molecule has 0 heterocycles. The monoisotopic (exact) mass is 208 g/mol. The minimum Gasteiger partial charge on any atom is -0.103 e. The second-order valence-corrected chi connectivity index (χ2v) is 5.64. The molecule has 0 aromatic rings. The highest BCUT2D eigenvalue weighted by atomic mass is 14.3. The third-order valence-electron chi connectivity index (χ3n) is 4.03. The van der Waals surface area contributed by atoms with Gasteiger partial charge in [0.2, 0.25) is 0 Å². The molecule has 0 N–H and O–H groups in total. The van der Waals surface area contributed by atoms with Crippen molar-refractivity contribution >= 4 is 0 Å². The highest BCUT2D eigenvalue weighted by Crippen LogP contribution is 2.34. The van der Waals surface area contributed by atoms with Crippen LogP contribution in [0, 0.1) is 23.2 Å². The van der Waals surface area contributed by atoms with Crippen LogP contribution in [0.3, 0.4) is 0 Å². The van der Waals surface area contributed by atoms with Crippen LogP contribution in [0.1, 0.15) is 47.5 Å². The van der Waals surface area contributed by atoms with Gasteiger partial charge in [0.15, 0.2) is 0 Å². The minimum absolute atomic E-state index is 0.252. The molecule has 15 heavy (non-hydrogen) atoms. The van der Waals surface area contributed by atoms with Crippen LogP contribution in [0.25, 0.3) is 0 Å². The fraction of sp³-hybridized carbons (Fsp3) is 0.733. The van der Waals surface area contributed by atoms with E-state index >= 15 is 0 Å². The summed E-state index contributed by atoms with van der Waals surface area (Å²) in [4.78, 5) is 0. The minimum atomic E-state index is 0.252. The van der Waals surface area contributed by atoms with Gasteiger partial charge < -0.3 is 0 Å². The first-order valence-electron chi connectivity index (χ1n) is 6.09. The van der Waals surface area contributed by atoms with E-state index < -0.39 is 0 Å². The maximum atomic E-state index is 3.93. The summed E-state index contributed by atoms with van der Waals surface area (Å²) < 4.78 is 0. The molecule has 0 aliphatic heterocycles. The molecular formula is C15H28. The van der Waals surface area contributed by atoms with E-state index in [0.29, 0.717) is 5.92 Å². The van der Waals surface area contributed by atoms with Crippen LogP contribution in [-0.2, 0) is 0 Å². The molecule has 0 spiro atoms. The summed E-state index contributed by atoms with van der Waals surface area (Å²) in [7, 11) is 0. The second-order valence-electron chi connectivity index (χ2n) is 5.64. The molecule has 3 atom stereocenters. The predicted octanol–water partition coefficient (Wildman–Crippen LogP) is 5.07. The molecule has 0 aromatic heterocycles. The maximum Gasteiger partial charge on any atom is -0.0152 e. The zero-order chi connectivity index (χ0) is 12.1. The lowest BCUT2D eigenvalue weighted by atomic mass is 9.73. The third-order valence-corrected chi connectivity index (χ3v) is 4.03. The van der Waals surface area contributed by atoms with E-state index in [9.17, 15) is 0 Å². The Hall–Kier alpha value is -0.520. The largest absolute Gasteiger partial charge is 0.103 e. The molecule has 0 radical (unpaired) electrons. The Kier molecular flexibility index (Phi) is 5.93. The topological polar surface area (TPSA) is 0 Å². The zero-order valence-corrected chi connectivity index (χ0v) is 11.2. The molecule has 88 valence electrons.